The van der Waals surface area contributed by atoms with Gasteiger partial charge in [0.15, 0.2) is 5.82 Å². The number of anilines is 3. The number of para-hydroxylation sites is 1. The van der Waals surface area contributed by atoms with E-state index in [1.807, 2.05) is 31.2 Å². The number of pyridine rings is 1. The minimum Gasteiger partial charge on any atom is -0.355 e. The van der Waals surface area contributed by atoms with Gasteiger partial charge < -0.3 is 16.0 Å². The summed E-state index contributed by atoms with van der Waals surface area (Å²) in [5, 5.41) is 8.39. The van der Waals surface area contributed by atoms with E-state index >= 15 is 0 Å². The molecule has 0 radical (unpaired) electrons. The summed E-state index contributed by atoms with van der Waals surface area (Å²) in [6.45, 7) is 1.93. The van der Waals surface area contributed by atoms with Crippen molar-refractivity contribution in [1.82, 2.24) is 10.3 Å². The maximum atomic E-state index is 13.7. The quantitative estimate of drug-likeness (QED) is 0.521. The summed E-state index contributed by atoms with van der Waals surface area (Å²) in [7, 11) is 1.50. The van der Waals surface area contributed by atoms with Crippen LogP contribution in [0.4, 0.5) is 21.6 Å². The Hall–Kier alpha value is -3.26. The Kier molecular flexibility index (Phi) is 6.23. The fourth-order valence-corrected chi connectivity index (χ4v) is 3.11. The maximum absolute atomic E-state index is 13.7. The van der Waals surface area contributed by atoms with Gasteiger partial charge in [-0.3, -0.25) is 9.59 Å². The van der Waals surface area contributed by atoms with Crippen LogP contribution >= 0.6 is 15.9 Å². The van der Waals surface area contributed by atoms with Crippen molar-refractivity contribution < 1.29 is 14.0 Å². The maximum Gasteiger partial charge on any atom is 0.255 e. The number of amides is 2. The number of aromatic nitrogens is 1. The van der Waals surface area contributed by atoms with Gasteiger partial charge in [0.05, 0.1) is 11.3 Å². The van der Waals surface area contributed by atoms with Gasteiger partial charge in [0.2, 0.25) is 0 Å². The summed E-state index contributed by atoms with van der Waals surface area (Å²) in [6, 6.07) is 13.0. The average molecular weight is 457 g/mol. The SMILES string of the molecule is CNC(=O)c1cnc(Nc2ccccc2C)c(NC(=O)c2cc(F)cc(Br)c2)c1. The lowest BCUT2D eigenvalue weighted by Crippen LogP contribution is -2.20. The first-order chi connectivity index (χ1) is 13.9. The second-order valence-electron chi connectivity index (χ2n) is 6.25. The molecule has 148 valence electrons. The number of carbonyl (C=O) groups is 2. The Morgan fingerprint density at radius 2 is 1.76 bits per heavy atom. The number of halogens is 2. The molecule has 0 saturated heterocycles. The monoisotopic (exact) mass is 456 g/mol. The van der Waals surface area contributed by atoms with Crippen LogP contribution in [-0.4, -0.2) is 23.8 Å². The molecular weight excluding hydrogens is 439 g/mol. The molecule has 3 aromatic rings. The van der Waals surface area contributed by atoms with E-state index in [0.717, 1.165) is 17.3 Å². The van der Waals surface area contributed by atoms with Gasteiger partial charge in [-0.25, -0.2) is 9.37 Å². The van der Waals surface area contributed by atoms with Crippen molar-refractivity contribution in [2.45, 2.75) is 6.92 Å². The number of carbonyl (C=O) groups excluding carboxylic acids is 2. The first kappa shape index (κ1) is 20.5. The lowest BCUT2D eigenvalue weighted by Gasteiger charge is -2.15. The highest BCUT2D eigenvalue weighted by molar-refractivity contribution is 9.10. The van der Waals surface area contributed by atoms with Crippen LogP contribution in [0.1, 0.15) is 26.3 Å². The van der Waals surface area contributed by atoms with Gasteiger partial charge in [0.1, 0.15) is 5.82 Å². The van der Waals surface area contributed by atoms with Crippen molar-refractivity contribution in [2.24, 2.45) is 0 Å². The number of hydrogen-bond donors (Lipinski definition) is 3. The average Bonchev–Trinajstić information content (AvgIpc) is 2.69. The van der Waals surface area contributed by atoms with Crippen molar-refractivity contribution in [2.75, 3.05) is 17.7 Å². The number of benzene rings is 2. The largest absolute Gasteiger partial charge is 0.355 e. The van der Waals surface area contributed by atoms with E-state index in [1.54, 1.807) is 0 Å². The van der Waals surface area contributed by atoms with Gasteiger partial charge in [-0.1, -0.05) is 34.1 Å². The first-order valence-corrected chi connectivity index (χ1v) is 9.49. The molecule has 3 rings (SSSR count). The van der Waals surface area contributed by atoms with Crippen LogP contribution in [0.15, 0.2) is 59.2 Å². The van der Waals surface area contributed by atoms with E-state index in [1.165, 1.54) is 31.4 Å². The van der Waals surface area contributed by atoms with Crippen molar-refractivity contribution in [3.05, 3.63) is 81.7 Å². The zero-order chi connectivity index (χ0) is 21.0. The van der Waals surface area contributed by atoms with E-state index in [-0.39, 0.29) is 17.0 Å². The lowest BCUT2D eigenvalue weighted by molar-refractivity contribution is 0.0961. The predicted octanol–water partition coefficient (Wildman–Crippen LogP) is 4.65. The summed E-state index contributed by atoms with van der Waals surface area (Å²) >= 11 is 3.18. The smallest absolute Gasteiger partial charge is 0.255 e. The Bertz CT molecular complexity index is 1070. The number of aryl methyl sites for hydroxylation is 1. The van der Waals surface area contributed by atoms with Crippen LogP contribution in [0.25, 0.3) is 0 Å². The molecule has 1 aromatic heterocycles. The third-order valence-electron chi connectivity index (χ3n) is 4.15. The highest BCUT2D eigenvalue weighted by atomic mass is 79.9. The van der Waals surface area contributed by atoms with E-state index in [9.17, 15) is 14.0 Å². The zero-order valence-corrected chi connectivity index (χ0v) is 17.3. The molecule has 0 saturated carbocycles. The van der Waals surface area contributed by atoms with Gasteiger partial charge in [-0.05, 0) is 42.8 Å². The third-order valence-corrected chi connectivity index (χ3v) is 4.61. The van der Waals surface area contributed by atoms with E-state index in [0.29, 0.717) is 16.0 Å². The summed E-state index contributed by atoms with van der Waals surface area (Å²) in [4.78, 5) is 29.0. The number of nitrogens with one attached hydrogen (secondary N) is 3. The minimum atomic E-state index is -0.542. The summed E-state index contributed by atoms with van der Waals surface area (Å²) in [5.74, 6) is -1.06. The topological polar surface area (TPSA) is 83.1 Å². The minimum absolute atomic E-state index is 0.129. The molecular formula is C21H18BrFN4O2. The van der Waals surface area contributed by atoms with Gasteiger partial charge in [-0.15, -0.1) is 0 Å². The highest BCUT2D eigenvalue weighted by Gasteiger charge is 2.15. The molecule has 0 unspecified atom stereocenters. The number of hydrogen-bond acceptors (Lipinski definition) is 4. The molecule has 0 fully saturated rings. The summed E-state index contributed by atoms with van der Waals surface area (Å²) < 4.78 is 14.1. The summed E-state index contributed by atoms with van der Waals surface area (Å²) in [6.07, 6.45) is 1.41. The van der Waals surface area contributed by atoms with Gasteiger partial charge in [-0.2, -0.15) is 0 Å². The first-order valence-electron chi connectivity index (χ1n) is 8.69. The second-order valence-corrected chi connectivity index (χ2v) is 7.17. The molecule has 0 aliphatic rings. The van der Waals surface area contributed by atoms with Crippen LogP contribution in [-0.2, 0) is 0 Å². The van der Waals surface area contributed by atoms with E-state index < -0.39 is 11.7 Å². The number of rotatable bonds is 5. The van der Waals surface area contributed by atoms with Crippen molar-refractivity contribution in [3.8, 4) is 0 Å². The molecule has 2 aromatic carbocycles. The Morgan fingerprint density at radius 1 is 1.00 bits per heavy atom. The Labute approximate surface area is 175 Å². The molecule has 1 heterocycles. The Balaban J connectivity index is 1.98. The zero-order valence-electron chi connectivity index (χ0n) is 15.7. The van der Waals surface area contributed by atoms with Crippen LogP contribution in [0.2, 0.25) is 0 Å². The van der Waals surface area contributed by atoms with Crippen molar-refractivity contribution >= 4 is 44.9 Å². The molecule has 8 heteroatoms. The molecule has 0 bridgehead atoms. The molecule has 0 aliphatic carbocycles. The number of nitrogens with zero attached hydrogens (tertiary/aromatic N) is 1. The van der Waals surface area contributed by atoms with Gasteiger partial charge in [0.25, 0.3) is 11.8 Å². The van der Waals surface area contributed by atoms with Crippen LogP contribution < -0.4 is 16.0 Å². The van der Waals surface area contributed by atoms with E-state index in [4.69, 9.17) is 0 Å². The second kappa shape index (κ2) is 8.83. The van der Waals surface area contributed by atoms with Crippen LogP contribution in [0, 0.1) is 12.7 Å². The molecule has 6 nitrogen and oxygen atoms in total. The molecule has 2 amide bonds. The fraction of sp³-hybridized carbons (Fsp3) is 0.0952. The molecule has 3 N–H and O–H groups in total. The van der Waals surface area contributed by atoms with Crippen molar-refractivity contribution in [3.63, 3.8) is 0 Å². The lowest BCUT2D eigenvalue weighted by atomic mass is 10.1. The Morgan fingerprint density at radius 3 is 2.45 bits per heavy atom. The van der Waals surface area contributed by atoms with Crippen LogP contribution in [0.3, 0.4) is 0 Å². The van der Waals surface area contributed by atoms with Crippen molar-refractivity contribution in [1.29, 1.82) is 0 Å². The fourth-order valence-electron chi connectivity index (χ4n) is 2.65. The predicted molar refractivity (Wildman–Crippen MR) is 114 cm³/mol. The van der Waals surface area contributed by atoms with Crippen LogP contribution in [0.5, 0.6) is 0 Å². The molecule has 0 atom stereocenters. The standard InChI is InChI=1S/C21H18BrFN4O2/c1-12-5-3-4-6-17(12)26-19-18(9-14(11-25-19)20(28)24-2)27-21(29)13-7-15(22)10-16(23)8-13/h3-11H,1-2H3,(H,24,28)(H,25,26)(H,27,29). The summed E-state index contributed by atoms with van der Waals surface area (Å²) in [5.41, 5.74) is 2.48. The van der Waals surface area contributed by atoms with Gasteiger partial charge >= 0.3 is 0 Å². The molecule has 0 spiro atoms. The van der Waals surface area contributed by atoms with Gasteiger partial charge in [0, 0.05) is 29.0 Å². The van der Waals surface area contributed by atoms with E-state index in [2.05, 4.69) is 36.9 Å². The normalized spacial score (nSPS) is 10.3. The highest BCUT2D eigenvalue weighted by Crippen LogP contribution is 2.27. The third kappa shape index (κ3) is 4.97. The molecule has 0 aliphatic heterocycles. The molecule has 29 heavy (non-hydrogen) atoms.